The average Bonchev–Trinajstić information content (AvgIpc) is 2.67. The summed E-state index contributed by atoms with van der Waals surface area (Å²) in [7, 11) is 2.20. The number of aliphatic hydroxyl groups excluding tert-OH is 1. The first-order chi connectivity index (χ1) is 6.81. The van der Waals surface area contributed by atoms with Crippen molar-refractivity contribution in [1.82, 2.24) is 9.80 Å². The van der Waals surface area contributed by atoms with Crippen LogP contribution in [0, 0.1) is 5.92 Å². The lowest BCUT2D eigenvalue weighted by Crippen LogP contribution is -2.41. The van der Waals surface area contributed by atoms with Crippen molar-refractivity contribution in [3.8, 4) is 0 Å². The molecule has 0 amide bonds. The average molecular weight is 198 g/mol. The summed E-state index contributed by atoms with van der Waals surface area (Å²) in [5.74, 6) is 0.834. The van der Waals surface area contributed by atoms with Crippen LogP contribution in [0.25, 0.3) is 0 Å². The second-order valence-corrected chi connectivity index (χ2v) is 4.80. The van der Waals surface area contributed by atoms with Crippen molar-refractivity contribution in [2.45, 2.75) is 31.7 Å². The minimum absolute atomic E-state index is 0.261. The molecule has 0 aromatic carbocycles. The van der Waals surface area contributed by atoms with Gasteiger partial charge >= 0.3 is 0 Å². The maximum absolute atomic E-state index is 9.23. The Labute approximate surface area is 86.7 Å². The molecule has 0 saturated carbocycles. The van der Waals surface area contributed by atoms with Crippen LogP contribution in [-0.2, 0) is 0 Å². The SMILES string of the molecule is CN1CCC(C2CCCN2CO)CC1. The molecule has 3 heteroatoms. The second-order valence-electron chi connectivity index (χ2n) is 4.80. The third-order valence-electron chi connectivity index (χ3n) is 3.90. The molecule has 2 fully saturated rings. The maximum Gasteiger partial charge on any atom is 0.0958 e. The van der Waals surface area contributed by atoms with Crippen molar-refractivity contribution in [1.29, 1.82) is 0 Å². The summed E-state index contributed by atoms with van der Waals surface area (Å²) in [5.41, 5.74) is 0. The molecule has 0 bridgehead atoms. The van der Waals surface area contributed by atoms with Crippen molar-refractivity contribution < 1.29 is 5.11 Å². The van der Waals surface area contributed by atoms with Gasteiger partial charge in [0.05, 0.1) is 6.73 Å². The van der Waals surface area contributed by atoms with E-state index in [1.165, 1.54) is 38.8 Å². The number of piperidine rings is 1. The molecular weight excluding hydrogens is 176 g/mol. The Morgan fingerprint density at radius 3 is 2.50 bits per heavy atom. The third-order valence-corrected chi connectivity index (χ3v) is 3.90. The molecule has 0 radical (unpaired) electrons. The Bertz CT molecular complexity index is 178. The van der Waals surface area contributed by atoms with Crippen LogP contribution in [0.5, 0.6) is 0 Å². The van der Waals surface area contributed by atoms with E-state index in [1.807, 2.05) is 0 Å². The number of rotatable bonds is 2. The largest absolute Gasteiger partial charge is 0.381 e. The monoisotopic (exact) mass is 198 g/mol. The molecule has 2 rings (SSSR count). The van der Waals surface area contributed by atoms with Gasteiger partial charge in [0.25, 0.3) is 0 Å². The molecule has 1 unspecified atom stereocenters. The molecule has 2 aliphatic rings. The van der Waals surface area contributed by atoms with Crippen molar-refractivity contribution >= 4 is 0 Å². The number of likely N-dealkylation sites (tertiary alicyclic amines) is 2. The highest BCUT2D eigenvalue weighted by Crippen LogP contribution is 2.30. The fourth-order valence-electron chi connectivity index (χ4n) is 2.97. The highest BCUT2D eigenvalue weighted by atomic mass is 16.3. The minimum atomic E-state index is 0.261. The molecule has 82 valence electrons. The van der Waals surface area contributed by atoms with Crippen molar-refractivity contribution in [2.24, 2.45) is 5.92 Å². The summed E-state index contributed by atoms with van der Waals surface area (Å²) < 4.78 is 0. The first-order valence-electron chi connectivity index (χ1n) is 5.84. The molecule has 2 saturated heterocycles. The lowest BCUT2D eigenvalue weighted by atomic mass is 9.88. The van der Waals surface area contributed by atoms with Crippen LogP contribution in [-0.4, -0.2) is 54.4 Å². The maximum atomic E-state index is 9.23. The van der Waals surface area contributed by atoms with Crippen LogP contribution >= 0.6 is 0 Å². The van der Waals surface area contributed by atoms with E-state index in [1.54, 1.807) is 0 Å². The van der Waals surface area contributed by atoms with Crippen LogP contribution in [0.4, 0.5) is 0 Å². The Kier molecular flexibility index (Phi) is 3.42. The number of nitrogens with zero attached hydrogens (tertiary/aromatic N) is 2. The lowest BCUT2D eigenvalue weighted by molar-refractivity contribution is 0.0532. The second kappa shape index (κ2) is 4.60. The zero-order chi connectivity index (χ0) is 9.97. The molecule has 2 aliphatic heterocycles. The Hall–Kier alpha value is -0.120. The third kappa shape index (κ3) is 2.10. The standard InChI is InChI=1S/C11H22N2O/c1-12-7-4-10(5-8-12)11-3-2-6-13(11)9-14/h10-11,14H,2-9H2,1H3. The van der Waals surface area contributed by atoms with E-state index in [4.69, 9.17) is 0 Å². The molecule has 0 aliphatic carbocycles. The quantitative estimate of drug-likeness (QED) is 0.709. The summed E-state index contributed by atoms with van der Waals surface area (Å²) >= 11 is 0. The topological polar surface area (TPSA) is 26.7 Å². The van der Waals surface area contributed by atoms with E-state index in [0.717, 1.165) is 12.5 Å². The molecule has 0 aromatic heterocycles. The van der Waals surface area contributed by atoms with Crippen LogP contribution in [0.3, 0.4) is 0 Å². The minimum Gasteiger partial charge on any atom is -0.381 e. The zero-order valence-electron chi connectivity index (χ0n) is 9.15. The summed E-state index contributed by atoms with van der Waals surface area (Å²) in [4.78, 5) is 4.67. The van der Waals surface area contributed by atoms with Gasteiger partial charge in [0.1, 0.15) is 0 Å². The molecule has 3 nitrogen and oxygen atoms in total. The van der Waals surface area contributed by atoms with Gasteiger partial charge in [-0.15, -0.1) is 0 Å². The van der Waals surface area contributed by atoms with Crippen LogP contribution in [0.15, 0.2) is 0 Å². The van der Waals surface area contributed by atoms with Crippen molar-refractivity contribution in [2.75, 3.05) is 33.4 Å². The van der Waals surface area contributed by atoms with Gasteiger partial charge in [0, 0.05) is 12.6 Å². The Morgan fingerprint density at radius 2 is 1.86 bits per heavy atom. The molecule has 0 spiro atoms. The molecule has 2 heterocycles. The van der Waals surface area contributed by atoms with Crippen molar-refractivity contribution in [3.63, 3.8) is 0 Å². The van der Waals surface area contributed by atoms with E-state index < -0.39 is 0 Å². The smallest absolute Gasteiger partial charge is 0.0958 e. The number of hydrogen-bond acceptors (Lipinski definition) is 3. The molecule has 0 aromatic rings. The highest BCUT2D eigenvalue weighted by Gasteiger charge is 2.32. The van der Waals surface area contributed by atoms with E-state index >= 15 is 0 Å². The lowest BCUT2D eigenvalue weighted by Gasteiger charge is -2.36. The Balaban J connectivity index is 1.88. The van der Waals surface area contributed by atoms with Crippen molar-refractivity contribution in [3.05, 3.63) is 0 Å². The van der Waals surface area contributed by atoms with Gasteiger partial charge in [0.2, 0.25) is 0 Å². The summed E-state index contributed by atoms with van der Waals surface area (Å²) in [5, 5.41) is 9.23. The number of aliphatic hydroxyl groups is 1. The van der Waals surface area contributed by atoms with Gasteiger partial charge in [-0.1, -0.05) is 0 Å². The van der Waals surface area contributed by atoms with Gasteiger partial charge in [-0.25, -0.2) is 0 Å². The van der Waals surface area contributed by atoms with Gasteiger partial charge in [-0.05, 0) is 51.7 Å². The Morgan fingerprint density at radius 1 is 1.14 bits per heavy atom. The first-order valence-corrected chi connectivity index (χ1v) is 5.84. The predicted octanol–water partition coefficient (Wildman–Crippen LogP) is 0.742. The van der Waals surface area contributed by atoms with Crippen LogP contribution in [0.2, 0.25) is 0 Å². The summed E-state index contributed by atoms with van der Waals surface area (Å²) in [6.07, 6.45) is 5.21. The predicted molar refractivity (Wildman–Crippen MR) is 57.0 cm³/mol. The highest BCUT2D eigenvalue weighted by molar-refractivity contribution is 4.86. The van der Waals surface area contributed by atoms with Gasteiger partial charge in [0.15, 0.2) is 0 Å². The van der Waals surface area contributed by atoms with Crippen LogP contribution < -0.4 is 0 Å². The zero-order valence-corrected chi connectivity index (χ0v) is 9.15. The van der Waals surface area contributed by atoms with E-state index in [0.29, 0.717) is 6.04 Å². The fourth-order valence-corrected chi connectivity index (χ4v) is 2.97. The van der Waals surface area contributed by atoms with Gasteiger partial charge in [-0.2, -0.15) is 0 Å². The molecule has 14 heavy (non-hydrogen) atoms. The van der Waals surface area contributed by atoms with Gasteiger partial charge < -0.3 is 10.0 Å². The normalized spacial score (nSPS) is 32.6. The van der Waals surface area contributed by atoms with E-state index in [-0.39, 0.29) is 6.73 Å². The van der Waals surface area contributed by atoms with E-state index in [9.17, 15) is 5.11 Å². The fraction of sp³-hybridized carbons (Fsp3) is 1.00. The molecule has 1 N–H and O–H groups in total. The van der Waals surface area contributed by atoms with E-state index in [2.05, 4.69) is 16.8 Å². The van der Waals surface area contributed by atoms with Gasteiger partial charge in [-0.3, -0.25) is 4.90 Å². The molecular formula is C11H22N2O. The summed E-state index contributed by atoms with van der Waals surface area (Å²) in [6.45, 7) is 3.84. The number of hydrogen-bond donors (Lipinski definition) is 1. The summed E-state index contributed by atoms with van der Waals surface area (Å²) in [6, 6.07) is 0.675. The first kappa shape index (κ1) is 10.4. The molecule has 1 atom stereocenters. The van der Waals surface area contributed by atoms with Crippen LogP contribution in [0.1, 0.15) is 25.7 Å².